The lowest BCUT2D eigenvalue weighted by Gasteiger charge is -2.30. The van der Waals surface area contributed by atoms with Crippen molar-refractivity contribution in [3.63, 3.8) is 0 Å². The maximum atomic E-state index is 5.59. The zero-order chi connectivity index (χ0) is 16.7. The van der Waals surface area contributed by atoms with E-state index in [-0.39, 0.29) is 6.17 Å². The number of benzene rings is 2. The Bertz CT molecular complexity index is 901. The largest absolute Gasteiger partial charge is 0.497 e. The Morgan fingerprint density at radius 3 is 2.67 bits per heavy atom. The summed E-state index contributed by atoms with van der Waals surface area (Å²) in [4.78, 5) is 0. The van der Waals surface area contributed by atoms with Crippen molar-refractivity contribution < 1.29 is 9.47 Å². The Morgan fingerprint density at radius 2 is 1.88 bits per heavy atom. The Balaban J connectivity index is 1.89. The Morgan fingerprint density at radius 1 is 1.04 bits per heavy atom. The molecule has 122 valence electrons. The van der Waals surface area contributed by atoms with Crippen LogP contribution in [0.5, 0.6) is 11.5 Å². The molecule has 3 aromatic rings. The molecule has 0 radical (unpaired) electrons. The summed E-state index contributed by atoms with van der Waals surface area (Å²) < 4.78 is 12.9. The maximum Gasteiger partial charge on any atom is 0.150 e. The number of aromatic nitrogens is 2. The van der Waals surface area contributed by atoms with E-state index in [2.05, 4.69) is 23.5 Å². The van der Waals surface area contributed by atoms with Gasteiger partial charge in [0, 0.05) is 22.9 Å². The number of rotatable bonds is 3. The van der Waals surface area contributed by atoms with Gasteiger partial charge in [-0.25, -0.2) is 4.68 Å². The predicted molar refractivity (Wildman–Crippen MR) is 93.7 cm³/mol. The van der Waals surface area contributed by atoms with Crippen molar-refractivity contribution in [3.05, 3.63) is 59.8 Å². The molecule has 0 bridgehead atoms. The van der Waals surface area contributed by atoms with Crippen molar-refractivity contribution in [3.8, 4) is 22.8 Å². The molecule has 24 heavy (non-hydrogen) atoms. The van der Waals surface area contributed by atoms with Crippen molar-refractivity contribution in [1.29, 1.82) is 0 Å². The monoisotopic (exact) mass is 321 g/mol. The summed E-state index contributed by atoms with van der Waals surface area (Å²) in [6.45, 7) is 2.01. The number of anilines is 1. The third-order valence-corrected chi connectivity index (χ3v) is 4.33. The topological polar surface area (TPSA) is 48.3 Å². The van der Waals surface area contributed by atoms with E-state index < -0.39 is 0 Å². The molecule has 5 nitrogen and oxygen atoms in total. The number of fused-ring (bicyclic) bond motifs is 3. The molecule has 0 saturated carbocycles. The molecule has 1 aliphatic heterocycles. The summed E-state index contributed by atoms with van der Waals surface area (Å²) in [5.41, 5.74) is 5.34. The Hall–Kier alpha value is -2.95. The first kappa shape index (κ1) is 14.6. The molecule has 0 aliphatic carbocycles. The summed E-state index contributed by atoms with van der Waals surface area (Å²) in [6, 6.07) is 16.2. The summed E-state index contributed by atoms with van der Waals surface area (Å²) in [7, 11) is 3.32. The van der Waals surface area contributed by atoms with Crippen LogP contribution < -0.4 is 14.8 Å². The Kier molecular flexibility index (Phi) is 3.41. The molecule has 2 heterocycles. The standard InChI is InChI=1S/C19H19N3O2/c1-12-10-17-14-6-4-5-7-16(14)20-19(22(17)21-12)15-9-8-13(23-2)11-18(15)24-3/h4-11,19-20H,1-3H3/t19-/m1/s1. The van der Waals surface area contributed by atoms with Crippen LogP contribution in [-0.2, 0) is 0 Å². The molecule has 1 N–H and O–H groups in total. The Labute approximate surface area is 140 Å². The fourth-order valence-corrected chi connectivity index (χ4v) is 3.21. The van der Waals surface area contributed by atoms with Crippen LogP contribution in [0, 0.1) is 6.92 Å². The van der Waals surface area contributed by atoms with Gasteiger partial charge in [-0.2, -0.15) is 5.10 Å². The molecule has 0 saturated heterocycles. The quantitative estimate of drug-likeness (QED) is 0.796. The van der Waals surface area contributed by atoms with Gasteiger partial charge >= 0.3 is 0 Å². The van der Waals surface area contributed by atoms with Crippen LogP contribution in [0.4, 0.5) is 5.69 Å². The first-order valence-corrected chi connectivity index (χ1v) is 7.85. The van der Waals surface area contributed by atoms with E-state index in [4.69, 9.17) is 14.6 Å². The van der Waals surface area contributed by atoms with Crippen LogP contribution >= 0.6 is 0 Å². The number of hydrogen-bond acceptors (Lipinski definition) is 4. The van der Waals surface area contributed by atoms with Gasteiger partial charge in [-0.3, -0.25) is 0 Å². The smallest absolute Gasteiger partial charge is 0.150 e. The second kappa shape index (κ2) is 5.60. The summed E-state index contributed by atoms with van der Waals surface area (Å²) in [6.07, 6.45) is -0.135. The van der Waals surface area contributed by atoms with E-state index in [1.807, 2.05) is 41.9 Å². The predicted octanol–water partition coefficient (Wildman–Crippen LogP) is 3.85. The van der Waals surface area contributed by atoms with Gasteiger partial charge < -0.3 is 14.8 Å². The number of nitrogens with one attached hydrogen (secondary N) is 1. The van der Waals surface area contributed by atoms with Crippen LogP contribution in [-0.4, -0.2) is 24.0 Å². The van der Waals surface area contributed by atoms with Crippen molar-refractivity contribution in [2.45, 2.75) is 13.1 Å². The van der Waals surface area contributed by atoms with Crippen molar-refractivity contribution in [2.75, 3.05) is 19.5 Å². The van der Waals surface area contributed by atoms with Gasteiger partial charge in [0.2, 0.25) is 0 Å². The number of hydrogen-bond donors (Lipinski definition) is 1. The van der Waals surface area contributed by atoms with Gasteiger partial charge in [-0.1, -0.05) is 18.2 Å². The van der Waals surface area contributed by atoms with Crippen LogP contribution in [0.3, 0.4) is 0 Å². The normalized spacial score (nSPS) is 15.2. The summed E-state index contributed by atoms with van der Waals surface area (Å²) in [5.74, 6) is 1.54. The minimum absolute atomic E-state index is 0.135. The summed E-state index contributed by atoms with van der Waals surface area (Å²) in [5, 5.41) is 8.27. The number of methoxy groups -OCH3 is 2. The lowest BCUT2D eigenvalue weighted by Crippen LogP contribution is -2.26. The number of nitrogens with zero attached hydrogens (tertiary/aromatic N) is 2. The van der Waals surface area contributed by atoms with Crippen LogP contribution in [0.2, 0.25) is 0 Å². The highest BCUT2D eigenvalue weighted by Crippen LogP contribution is 2.41. The van der Waals surface area contributed by atoms with E-state index in [0.29, 0.717) is 0 Å². The third kappa shape index (κ3) is 2.21. The van der Waals surface area contributed by atoms with Gasteiger partial charge in [-0.15, -0.1) is 0 Å². The zero-order valence-corrected chi connectivity index (χ0v) is 13.9. The molecule has 0 spiro atoms. The van der Waals surface area contributed by atoms with E-state index in [0.717, 1.165) is 39.7 Å². The van der Waals surface area contributed by atoms with Gasteiger partial charge in [0.05, 0.1) is 25.6 Å². The lowest BCUT2D eigenvalue weighted by atomic mass is 10.0. The highest BCUT2D eigenvalue weighted by atomic mass is 16.5. The molecule has 0 unspecified atom stereocenters. The van der Waals surface area contributed by atoms with E-state index >= 15 is 0 Å². The molecule has 1 atom stereocenters. The summed E-state index contributed by atoms with van der Waals surface area (Å²) >= 11 is 0. The van der Waals surface area contributed by atoms with Crippen LogP contribution in [0.15, 0.2) is 48.5 Å². The van der Waals surface area contributed by atoms with Gasteiger partial charge in [0.1, 0.15) is 11.5 Å². The lowest BCUT2D eigenvalue weighted by molar-refractivity contribution is 0.386. The molecular weight excluding hydrogens is 302 g/mol. The molecule has 4 rings (SSSR count). The fraction of sp³-hybridized carbons (Fsp3) is 0.211. The second-order valence-electron chi connectivity index (χ2n) is 5.82. The molecule has 0 amide bonds. The molecule has 5 heteroatoms. The molecule has 1 aromatic heterocycles. The van der Waals surface area contributed by atoms with Gasteiger partial charge in [0.25, 0.3) is 0 Å². The minimum atomic E-state index is -0.135. The zero-order valence-electron chi connectivity index (χ0n) is 13.9. The van der Waals surface area contributed by atoms with Crippen molar-refractivity contribution in [1.82, 2.24) is 9.78 Å². The third-order valence-electron chi connectivity index (χ3n) is 4.33. The molecule has 1 aliphatic rings. The first-order chi connectivity index (χ1) is 11.7. The number of para-hydroxylation sites is 1. The van der Waals surface area contributed by atoms with Crippen LogP contribution in [0.1, 0.15) is 17.4 Å². The van der Waals surface area contributed by atoms with E-state index in [9.17, 15) is 0 Å². The number of aryl methyl sites for hydroxylation is 1. The van der Waals surface area contributed by atoms with E-state index in [1.54, 1.807) is 14.2 Å². The molecule has 0 fully saturated rings. The first-order valence-electron chi connectivity index (χ1n) is 7.85. The SMILES string of the molecule is COc1ccc([C@@H]2Nc3ccccc3-c3cc(C)nn32)c(OC)c1. The van der Waals surface area contributed by atoms with Crippen molar-refractivity contribution in [2.24, 2.45) is 0 Å². The molecular formula is C19H19N3O2. The average molecular weight is 321 g/mol. The number of ether oxygens (including phenoxy) is 2. The van der Waals surface area contributed by atoms with Crippen molar-refractivity contribution >= 4 is 5.69 Å². The highest BCUT2D eigenvalue weighted by molar-refractivity contribution is 5.79. The van der Waals surface area contributed by atoms with Crippen LogP contribution in [0.25, 0.3) is 11.3 Å². The maximum absolute atomic E-state index is 5.59. The highest BCUT2D eigenvalue weighted by Gasteiger charge is 2.28. The van der Waals surface area contributed by atoms with E-state index in [1.165, 1.54) is 0 Å². The minimum Gasteiger partial charge on any atom is -0.497 e. The second-order valence-corrected chi connectivity index (χ2v) is 5.82. The van der Waals surface area contributed by atoms with Gasteiger partial charge in [-0.05, 0) is 31.2 Å². The average Bonchev–Trinajstić information content (AvgIpc) is 3.02. The molecule has 2 aromatic carbocycles. The van der Waals surface area contributed by atoms with Gasteiger partial charge in [0.15, 0.2) is 6.17 Å². The fourth-order valence-electron chi connectivity index (χ4n) is 3.21.